The van der Waals surface area contributed by atoms with Gasteiger partial charge in [0.2, 0.25) is 23.6 Å². The lowest BCUT2D eigenvalue weighted by atomic mass is 9.89. The van der Waals surface area contributed by atoms with Crippen LogP contribution in [-0.4, -0.2) is 111 Å². The van der Waals surface area contributed by atoms with Crippen molar-refractivity contribution in [3.63, 3.8) is 0 Å². The van der Waals surface area contributed by atoms with Gasteiger partial charge in [-0.3, -0.25) is 44.2 Å². The summed E-state index contributed by atoms with van der Waals surface area (Å²) in [5, 5.41) is 14.9. The average Bonchev–Trinajstić information content (AvgIpc) is 3.31. The number of thiol groups is 1. The summed E-state index contributed by atoms with van der Waals surface area (Å²) in [6.07, 6.45) is 7.06. The Bertz CT molecular complexity index is 1760. The van der Waals surface area contributed by atoms with E-state index in [9.17, 15) is 24.4 Å². The molecule has 298 valence electrons. The number of piperazine rings is 1. The van der Waals surface area contributed by atoms with E-state index in [2.05, 4.69) is 50.2 Å². The number of rotatable bonds is 11. The van der Waals surface area contributed by atoms with Crippen LogP contribution < -0.4 is 15.5 Å². The number of piperidine rings is 1. The lowest BCUT2D eigenvalue weighted by Crippen LogP contribution is -2.58. The van der Waals surface area contributed by atoms with Crippen LogP contribution in [-0.2, 0) is 23.9 Å². The molecule has 1 aromatic heterocycles. The molecule has 0 bridgehead atoms. The first kappa shape index (κ1) is 42.8. The molecule has 1 saturated carbocycles. The number of hydrogen-bond acceptors (Lipinski definition) is 11. The number of pyridine rings is 1. The van der Waals surface area contributed by atoms with Crippen LogP contribution in [0.3, 0.4) is 0 Å². The zero-order valence-corrected chi connectivity index (χ0v) is 34.3. The fraction of sp³-hybridized carbons (Fsp3) is 0.590. The minimum atomic E-state index is -0.738. The number of carbonyl (C=O) groups is 4. The van der Waals surface area contributed by atoms with Crippen molar-refractivity contribution in [1.82, 2.24) is 25.0 Å². The van der Waals surface area contributed by atoms with E-state index in [1.807, 2.05) is 13.8 Å². The summed E-state index contributed by atoms with van der Waals surface area (Å²) in [4.78, 5) is 63.2. The molecule has 4 fully saturated rings. The number of nitrogens with one attached hydrogen (secondary N) is 2. The van der Waals surface area contributed by atoms with E-state index in [1.165, 1.54) is 0 Å². The molecule has 4 amide bonds. The van der Waals surface area contributed by atoms with Gasteiger partial charge < -0.3 is 15.0 Å². The molecule has 2 unspecified atom stereocenters. The van der Waals surface area contributed by atoms with Gasteiger partial charge in [0.05, 0.1) is 52.3 Å². The topological polar surface area (TPSA) is 151 Å². The fourth-order valence-electron chi connectivity index (χ4n) is 8.58. The third-order valence-corrected chi connectivity index (χ3v) is 12.2. The number of imide groups is 1. The van der Waals surface area contributed by atoms with Crippen LogP contribution in [0.25, 0.3) is 0 Å². The van der Waals surface area contributed by atoms with Gasteiger partial charge in [0, 0.05) is 56.5 Å². The molecule has 3 aliphatic heterocycles. The van der Waals surface area contributed by atoms with Gasteiger partial charge in [-0.05, 0) is 96.6 Å². The molecule has 16 heteroatoms. The second kappa shape index (κ2) is 18.3. The molecule has 3 saturated heterocycles. The number of carbonyl (C=O) groups excluding carboxylic acids is 4. The van der Waals surface area contributed by atoms with Crippen LogP contribution in [0.4, 0.5) is 11.4 Å². The highest BCUT2D eigenvalue weighted by Gasteiger charge is 2.54. The summed E-state index contributed by atoms with van der Waals surface area (Å²) in [5.74, 6) is -1.21. The first-order valence-electron chi connectivity index (χ1n) is 19.0. The van der Waals surface area contributed by atoms with E-state index in [1.54, 1.807) is 41.4 Å². The maximum atomic E-state index is 13.6. The molecule has 2 N–H and O–H groups in total. The molecule has 0 radical (unpaired) electrons. The highest BCUT2D eigenvalue weighted by Crippen LogP contribution is 2.42. The SMILES string of the molecule is C[C@@H]1CN(CCCOC2CCC(N3C(S)N(c4ccc(C#N)c(Cl)c4)C(=O)C3(C)C)CC2)C[C@H](C)N1CC(=O)Nc1ccc(C2CCC(=O)NC2=O)nc1.Cl. The maximum Gasteiger partial charge on any atom is 0.249 e. The van der Waals surface area contributed by atoms with E-state index in [0.717, 1.165) is 51.7 Å². The largest absolute Gasteiger partial charge is 0.378 e. The molecule has 4 aliphatic rings. The van der Waals surface area contributed by atoms with Crippen molar-refractivity contribution in [2.75, 3.05) is 43.0 Å². The molecule has 2 aromatic rings. The van der Waals surface area contributed by atoms with Crippen molar-refractivity contribution >= 4 is 71.6 Å². The van der Waals surface area contributed by atoms with Gasteiger partial charge in [0.25, 0.3) is 0 Å². The van der Waals surface area contributed by atoms with Gasteiger partial charge in [-0.1, -0.05) is 11.6 Å². The number of aromatic nitrogens is 1. The Morgan fingerprint density at radius 1 is 1.09 bits per heavy atom. The Labute approximate surface area is 340 Å². The van der Waals surface area contributed by atoms with Crippen molar-refractivity contribution in [3.05, 3.63) is 52.8 Å². The first-order valence-corrected chi connectivity index (χ1v) is 19.8. The minimum Gasteiger partial charge on any atom is -0.378 e. The Morgan fingerprint density at radius 3 is 2.42 bits per heavy atom. The van der Waals surface area contributed by atoms with Gasteiger partial charge in [0.15, 0.2) is 0 Å². The third kappa shape index (κ3) is 9.64. The predicted octanol–water partition coefficient (Wildman–Crippen LogP) is 4.94. The molecule has 4 heterocycles. The second-order valence-corrected chi connectivity index (χ2v) is 16.4. The fourth-order valence-corrected chi connectivity index (χ4v) is 9.51. The molecule has 1 aromatic carbocycles. The van der Waals surface area contributed by atoms with E-state index in [4.69, 9.17) is 29.0 Å². The van der Waals surface area contributed by atoms with Gasteiger partial charge in [-0.2, -0.15) is 5.26 Å². The number of benzene rings is 1. The minimum absolute atomic E-state index is 0. The molecular formula is C39H52Cl2N8O5S. The molecule has 1 aliphatic carbocycles. The van der Waals surface area contributed by atoms with Crippen molar-refractivity contribution in [3.8, 4) is 6.07 Å². The quantitative estimate of drug-likeness (QED) is 0.162. The lowest BCUT2D eigenvalue weighted by molar-refractivity contribution is -0.134. The van der Waals surface area contributed by atoms with Crippen LogP contribution in [0.15, 0.2) is 36.5 Å². The Hall–Kier alpha value is -3.29. The number of hydrogen-bond donors (Lipinski definition) is 3. The monoisotopic (exact) mass is 814 g/mol. The Kier molecular flexibility index (Phi) is 14.3. The third-order valence-electron chi connectivity index (χ3n) is 11.4. The van der Waals surface area contributed by atoms with Crippen molar-refractivity contribution in [2.24, 2.45) is 0 Å². The number of nitriles is 1. The van der Waals surface area contributed by atoms with Crippen molar-refractivity contribution < 1.29 is 23.9 Å². The summed E-state index contributed by atoms with van der Waals surface area (Å²) in [6.45, 7) is 11.8. The molecule has 13 nitrogen and oxygen atoms in total. The average molecular weight is 816 g/mol. The number of anilines is 2. The first-order chi connectivity index (χ1) is 25.8. The number of ether oxygens (including phenoxy) is 1. The highest BCUT2D eigenvalue weighted by molar-refractivity contribution is 7.81. The standard InChI is InChI=1S/C39H51ClN8O5S.ClH/c1-24-21-45(22-25(2)46(24)23-35(50)43-27-7-14-33(42-20-27)31-13-15-34(49)44-36(31)51)16-5-17-53-30-11-9-28(10-12-30)48-38(54)47(37(52)39(48,3)4)29-8-6-26(19-41)32(40)18-29;/h6-8,14,18,20,24-25,28,30-31,38,54H,5,9-13,15-17,21-23H2,1-4H3,(H,43,50)(H,44,49,51);1H/t24-,25+,28?,30?,31?,38?;. The van der Waals surface area contributed by atoms with Crippen LogP contribution in [0, 0.1) is 11.3 Å². The molecule has 4 atom stereocenters. The zero-order chi connectivity index (χ0) is 38.7. The summed E-state index contributed by atoms with van der Waals surface area (Å²) < 4.78 is 6.36. The lowest BCUT2D eigenvalue weighted by Gasteiger charge is -2.44. The number of amides is 4. The number of halogens is 2. The van der Waals surface area contributed by atoms with E-state index in [0.29, 0.717) is 40.7 Å². The molecule has 55 heavy (non-hydrogen) atoms. The van der Waals surface area contributed by atoms with Crippen LogP contribution >= 0.6 is 36.6 Å². The van der Waals surface area contributed by atoms with Gasteiger partial charge >= 0.3 is 0 Å². The Balaban J connectivity index is 0.00000580. The molecule has 6 rings (SSSR count). The smallest absolute Gasteiger partial charge is 0.249 e. The predicted molar refractivity (Wildman–Crippen MR) is 216 cm³/mol. The van der Waals surface area contributed by atoms with Crippen LogP contribution in [0.2, 0.25) is 5.02 Å². The van der Waals surface area contributed by atoms with Crippen molar-refractivity contribution in [1.29, 1.82) is 5.26 Å². The summed E-state index contributed by atoms with van der Waals surface area (Å²) in [7, 11) is 0. The normalized spacial score (nSPS) is 27.7. The summed E-state index contributed by atoms with van der Waals surface area (Å²) in [5.41, 5.74) is 0.983. The summed E-state index contributed by atoms with van der Waals surface area (Å²) in [6, 6.07) is 11.2. The van der Waals surface area contributed by atoms with Crippen LogP contribution in [0.1, 0.15) is 89.8 Å². The zero-order valence-electron chi connectivity index (χ0n) is 31.9. The second-order valence-electron chi connectivity index (χ2n) is 15.6. The molecule has 0 spiro atoms. The summed E-state index contributed by atoms with van der Waals surface area (Å²) >= 11 is 11.2. The van der Waals surface area contributed by atoms with E-state index in [-0.39, 0.29) is 73.2 Å². The van der Waals surface area contributed by atoms with E-state index >= 15 is 0 Å². The Morgan fingerprint density at radius 2 is 1.80 bits per heavy atom. The molecular weight excluding hydrogens is 763 g/mol. The van der Waals surface area contributed by atoms with Gasteiger partial charge in [0.1, 0.15) is 11.6 Å². The highest BCUT2D eigenvalue weighted by atomic mass is 35.5. The van der Waals surface area contributed by atoms with Gasteiger partial charge in [-0.15, -0.1) is 25.0 Å². The van der Waals surface area contributed by atoms with Crippen molar-refractivity contribution in [2.45, 2.75) is 114 Å². The van der Waals surface area contributed by atoms with Crippen LogP contribution in [0.5, 0.6) is 0 Å². The van der Waals surface area contributed by atoms with Gasteiger partial charge in [-0.25, -0.2) is 0 Å². The number of nitrogens with zero attached hydrogens (tertiary/aromatic N) is 6. The maximum absolute atomic E-state index is 13.6. The van der Waals surface area contributed by atoms with E-state index < -0.39 is 17.0 Å².